The minimum atomic E-state index is -0.0471. The van der Waals surface area contributed by atoms with E-state index in [0.29, 0.717) is 55.5 Å². The number of benzene rings is 1. The average molecular weight is 399 g/mol. The molecule has 0 unspecified atom stereocenters. The largest absolute Gasteiger partial charge is 0.492 e. The Bertz CT molecular complexity index is 1000. The van der Waals surface area contributed by atoms with Crippen molar-refractivity contribution in [2.45, 2.75) is 12.1 Å². The SMILES string of the molecule is Cc1c(OCCSc2ncccn2)ccc2c(=O)cc(N3CCOCC3)oc12. The van der Waals surface area contributed by atoms with E-state index in [1.165, 1.54) is 11.8 Å². The summed E-state index contributed by atoms with van der Waals surface area (Å²) in [6.07, 6.45) is 3.44. The zero-order valence-electron chi connectivity index (χ0n) is 15.6. The van der Waals surface area contributed by atoms with Crippen LogP contribution in [0.2, 0.25) is 0 Å². The van der Waals surface area contributed by atoms with Gasteiger partial charge in [0.1, 0.15) is 11.3 Å². The molecule has 1 saturated heterocycles. The van der Waals surface area contributed by atoms with E-state index in [2.05, 4.69) is 9.97 Å². The molecule has 0 bridgehead atoms. The molecule has 0 radical (unpaired) electrons. The van der Waals surface area contributed by atoms with E-state index in [1.807, 2.05) is 17.9 Å². The van der Waals surface area contributed by atoms with Gasteiger partial charge in [-0.2, -0.15) is 0 Å². The highest BCUT2D eigenvalue weighted by molar-refractivity contribution is 7.99. The minimum Gasteiger partial charge on any atom is -0.492 e. The summed E-state index contributed by atoms with van der Waals surface area (Å²) in [6.45, 7) is 5.10. The Hall–Kier alpha value is -2.58. The number of hydrogen-bond donors (Lipinski definition) is 0. The lowest BCUT2D eigenvalue weighted by Crippen LogP contribution is -2.36. The van der Waals surface area contributed by atoms with Gasteiger partial charge in [0.15, 0.2) is 16.5 Å². The lowest BCUT2D eigenvalue weighted by atomic mass is 10.1. The van der Waals surface area contributed by atoms with Crippen molar-refractivity contribution in [2.24, 2.45) is 0 Å². The van der Waals surface area contributed by atoms with Crippen molar-refractivity contribution in [3.63, 3.8) is 0 Å². The summed E-state index contributed by atoms with van der Waals surface area (Å²) in [5.74, 6) is 2.02. The normalized spacial score (nSPS) is 14.4. The highest BCUT2D eigenvalue weighted by Gasteiger charge is 2.17. The van der Waals surface area contributed by atoms with Gasteiger partial charge < -0.3 is 18.8 Å². The molecule has 1 aliphatic rings. The number of hydrogen-bond acceptors (Lipinski definition) is 8. The van der Waals surface area contributed by atoms with E-state index < -0.39 is 0 Å². The molecule has 1 aliphatic heterocycles. The molecular weight excluding hydrogens is 378 g/mol. The number of nitrogens with zero attached hydrogens (tertiary/aromatic N) is 3. The number of anilines is 1. The third kappa shape index (κ3) is 4.13. The van der Waals surface area contributed by atoms with Crippen molar-refractivity contribution in [2.75, 3.05) is 43.6 Å². The molecule has 8 heteroatoms. The van der Waals surface area contributed by atoms with Gasteiger partial charge in [0.2, 0.25) is 0 Å². The summed E-state index contributed by atoms with van der Waals surface area (Å²) in [6, 6.07) is 6.94. The van der Waals surface area contributed by atoms with Gasteiger partial charge in [-0.15, -0.1) is 0 Å². The highest BCUT2D eigenvalue weighted by atomic mass is 32.2. The number of thioether (sulfide) groups is 1. The molecule has 2 aromatic heterocycles. The van der Waals surface area contributed by atoms with Crippen LogP contribution < -0.4 is 15.1 Å². The van der Waals surface area contributed by atoms with Crippen molar-refractivity contribution in [1.82, 2.24) is 9.97 Å². The standard InChI is InChI=1S/C20H21N3O4S/c1-14-17(26-11-12-28-20-21-5-2-6-22-20)4-3-15-16(24)13-18(27-19(14)15)23-7-9-25-10-8-23/h2-6,13H,7-12H2,1H3. The molecule has 0 atom stereocenters. The van der Waals surface area contributed by atoms with E-state index >= 15 is 0 Å². The fourth-order valence-electron chi connectivity index (χ4n) is 3.06. The van der Waals surface area contributed by atoms with Crippen LogP contribution in [0.3, 0.4) is 0 Å². The molecule has 0 spiro atoms. The van der Waals surface area contributed by atoms with E-state index in [-0.39, 0.29) is 5.43 Å². The Morgan fingerprint density at radius 3 is 2.79 bits per heavy atom. The Balaban J connectivity index is 1.51. The van der Waals surface area contributed by atoms with E-state index in [9.17, 15) is 4.79 Å². The summed E-state index contributed by atoms with van der Waals surface area (Å²) >= 11 is 1.53. The fourth-order valence-corrected chi connectivity index (χ4v) is 3.68. The molecule has 0 amide bonds. The summed E-state index contributed by atoms with van der Waals surface area (Å²) in [4.78, 5) is 22.9. The Labute approximate surface area is 166 Å². The Morgan fingerprint density at radius 1 is 1.21 bits per heavy atom. The maximum Gasteiger partial charge on any atom is 0.200 e. The van der Waals surface area contributed by atoms with Gasteiger partial charge in [-0.05, 0) is 25.1 Å². The second-order valence-electron chi connectivity index (χ2n) is 6.34. The van der Waals surface area contributed by atoms with Crippen LogP contribution in [0, 0.1) is 6.92 Å². The van der Waals surface area contributed by atoms with E-state index in [4.69, 9.17) is 13.9 Å². The van der Waals surface area contributed by atoms with Crippen LogP contribution in [-0.2, 0) is 4.74 Å². The number of aryl methyl sites for hydroxylation is 1. The number of morpholine rings is 1. The van der Waals surface area contributed by atoms with Crippen LogP contribution in [-0.4, -0.2) is 48.6 Å². The molecule has 3 heterocycles. The first-order valence-corrected chi connectivity index (χ1v) is 10.1. The number of ether oxygens (including phenoxy) is 2. The molecule has 0 saturated carbocycles. The van der Waals surface area contributed by atoms with Gasteiger partial charge in [0.05, 0.1) is 25.2 Å². The van der Waals surface area contributed by atoms with Crippen molar-refractivity contribution in [3.05, 3.63) is 52.4 Å². The summed E-state index contributed by atoms with van der Waals surface area (Å²) in [7, 11) is 0. The predicted molar refractivity (Wildman–Crippen MR) is 109 cm³/mol. The minimum absolute atomic E-state index is 0.0471. The maximum absolute atomic E-state index is 12.5. The van der Waals surface area contributed by atoms with Gasteiger partial charge in [-0.3, -0.25) is 4.79 Å². The first kappa shape index (κ1) is 18.8. The molecule has 7 nitrogen and oxygen atoms in total. The molecule has 4 rings (SSSR count). The van der Waals surface area contributed by atoms with Gasteiger partial charge in [-0.25, -0.2) is 9.97 Å². The van der Waals surface area contributed by atoms with E-state index in [0.717, 1.165) is 16.5 Å². The second kappa shape index (κ2) is 8.62. The van der Waals surface area contributed by atoms with Crippen LogP contribution >= 0.6 is 11.8 Å². The second-order valence-corrected chi connectivity index (χ2v) is 7.40. The third-order valence-electron chi connectivity index (χ3n) is 4.52. The first-order valence-electron chi connectivity index (χ1n) is 9.15. The summed E-state index contributed by atoms with van der Waals surface area (Å²) in [5, 5.41) is 1.29. The van der Waals surface area contributed by atoms with Gasteiger partial charge >= 0.3 is 0 Å². The fraction of sp³-hybridized carbons (Fsp3) is 0.350. The zero-order valence-corrected chi connectivity index (χ0v) is 16.4. The van der Waals surface area contributed by atoms with Crippen molar-refractivity contribution in [3.8, 4) is 5.75 Å². The molecule has 0 N–H and O–H groups in total. The first-order chi connectivity index (χ1) is 13.7. The van der Waals surface area contributed by atoms with Crippen LogP contribution in [0.4, 0.5) is 5.88 Å². The number of rotatable bonds is 6. The van der Waals surface area contributed by atoms with Gasteiger partial charge in [-0.1, -0.05) is 11.8 Å². The van der Waals surface area contributed by atoms with Crippen molar-refractivity contribution >= 4 is 28.6 Å². The van der Waals surface area contributed by atoms with Crippen molar-refractivity contribution < 1.29 is 13.9 Å². The van der Waals surface area contributed by atoms with Crippen LogP contribution in [0.15, 0.2) is 51.0 Å². The molecule has 146 valence electrons. The van der Waals surface area contributed by atoms with Crippen LogP contribution in [0.5, 0.6) is 5.75 Å². The zero-order chi connectivity index (χ0) is 19.3. The lowest BCUT2D eigenvalue weighted by Gasteiger charge is -2.27. The maximum atomic E-state index is 12.5. The molecule has 1 fully saturated rings. The number of aromatic nitrogens is 2. The van der Waals surface area contributed by atoms with Crippen LogP contribution in [0.25, 0.3) is 11.0 Å². The number of fused-ring (bicyclic) bond motifs is 1. The van der Waals surface area contributed by atoms with E-state index in [1.54, 1.807) is 30.6 Å². The van der Waals surface area contributed by atoms with Gasteiger partial charge in [0.25, 0.3) is 0 Å². The highest BCUT2D eigenvalue weighted by Crippen LogP contribution is 2.29. The molecular formula is C20H21N3O4S. The summed E-state index contributed by atoms with van der Waals surface area (Å²) < 4.78 is 17.4. The molecule has 0 aliphatic carbocycles. The van der Waals surface area contributed by atoms with Crippen LogP contribution in [0.1, 0.15) is 5.56 Å². The third-order valence-corrected chi connectivity index (χ3v) is 5.36. The monoisotopic (exact) mass is 399 g/mol. The lowest BCUT2D eigenvalue weighted by molar-refractivity contribution is 0.121. The summed E-state index contributed by atoms with van der Waals surface area (Å²) in [5.41, 5.74) is 1.35. The Morgan fingerprint density at radius 2 is 2.00 bits per heavy atom. The smallest absolute Gasteiger partial charge is 0.200 e. The molecule has 1 aromatic carbocycles. The topological polar surface area (TPSA) is 77.7 Å². The quantitative estimate of drug-likeness (QED) is 0.356. The average Bonchev–Trinajstić information content (AvgIpc) is 2.74. The molecule has 28 heavy (non-hydrogen) atoms. The predicted octanol–water partition coefficient (Wildman–Crippen LogP) is 2.90. The molecule has 3 aromatic rings. The van der Waals surface area contributed by atoms with Crippen molar-refractivity contribution in [1.29, 1.82) is 0 Å². The Kier molecular flexibility index (Phi) is 5.78. The van der Waals surface area contributed by atoms with Gasteiger partial charge in [0, 0.05) is 42.9 Å².